The fourth-order valence-corrected chi connectivity index (χ4v) is 8.29. The highest BCUT2D eigenvalue weighted by molar-refractivity contribution is 7.92. The van der Waals surface area contributed by atoms with Gasteiger partial charge in [0.15, 0.2) is 0 Å². The Labute approximate surface area is 294 Å². The second-order valence-corrected chi connectivity index (χ2v) is 14.6. The molecule has 1 fully saturated rings. The van der Waals surface area contributed by atoms with Crippen LogP contribution < -0.4 is 23.8 Å². The highest BCUT2D eigenvalue weighted by Gasteiger charge is 2.35. The number of benzene rings is 3. The van der Waals surface area contributed by atoms with Crippen LogP contribution in [0.4, 0.5) is 29.1 Å². The Balaban J connectivity index is 1.18. The molecule has 1 aliphatic carbocycles. The van der Waals surface area contributed by atoms with Crippen molar-refractivity contribution in [2.75, 3.05) is 44.0 Å². The summed E-state index contributed by atoms with van der Waals surface area (Å²) in [4.78, 5) is 9.60. The molecule has 0 radical (unpaired) electrons. The molecule has 3 atom stereocenters. The number of hydrogen-bond acceptors (Lipinski definition) is 9. The average molecular weight is 730 g/mol. The lowest BCUT2D eigenvalue weighted by Gasteiger charge is -2.38. The Morgan fingerprint density at radius 1 is 1.04 bits per heavy atom. The van der Waals surface area contributed by atoms with Gasteiger partial charge in [-0.2, -0.15) is 13.2 Å². The average Bonchev–Trinajstić information content (AvgIpc) is 3.13. The van der Waals surface area contributed by atoms with Crippen LogP contribution in [0, 0.1) is 5.82 Å². The van der Waals surface area contributed by atoms with Gasteiger partial charge in [0.25, 0.3) is 10.0 Å². The van der Waals surface area contributed by atoms with Crippen LogP contribution in [0.2, 0.25) is 0 Å². The number of sulfonamides is 1. The van der Waals surface area contributed by atoms with Crippen LogP contribution >= 0.6 is 0 Å². The number of aromatic nitrogens is 2. The molecule has 1 unspecified atom stereocenters. The van der Waals surface area contributed by atoms with Crippen molar-refractivity contribution in [1.82, 2.24) is 14.9 Å². The van der Waals surface area contributed by atoms with E-state index in [1.165, 1.54) is 51.0 Å². The first kappa shape index (κ1) is 36.2. The van der Waals surface area contributed by atoms with Crippen LogP contribution in [0.15, 0.2) is 78.1 Å². The highest BCUT2D eigenvalue weighted by atomic mass is 32.2. The number of likely N-dealkylation sites (N-methyl/N-ethyl adjacent to an activating group) is 1. The first-order chi connectivity index (χ1) is 24.4. The fraction of sp³-hybridized carbons (Fsp3) is 0.389. The van der Waals surface area contributed by atoms with E-state index in [1.807, 2.05) is 7.05 Å². The molecule has 0 spiro atoms. The van der Waals surface area contributed by atoms with Gasteiger partial charge in [-0.15, -0.1) is 0 Å². The molecule has 1 N–H and O–H groups in total. The van der Waals surface area contributed by atoms with Gasteiger partial charge < -0.3 is 24.4 Å². The topological polar surface area (TPSA) is 106 Å². The van der Waals surface area contributed by atoms with E-state index < -0.39 is 32.5 Å². The lowest BCUT2D eigenvalue weighted by atomic mass is 9.80. The summed E-state index contributed by atoms with van der Waals surface area (Å²) < 4.78 is 102. The van der Waals surface area contributed by atoms with Gasteiger partial charge in [-0.05, 0) is 56.0 Å². The normalized spacial score (nSPS) is 19.1. The van der Waals surface area contributed by atoms with Crippen molar-refractivity contribution >= 4 is 21.5 Å². The first-order valence-electron chi connectivity index (χ1n) is 16.5. The molecule has 1 aliphatic heterocycles. The Bertz CT molecular complexity index is 1950. The van der Waals surface area contributed by atoms with E-state index in [0.717, 1.165) is 35.7 Å². The second kappa shape index (κ2) is 14.9. The zero-order valence-corrected chi connectivity index (χ0v) is 29.2. The quantitative estimate of drug-likeness (QED) is 0.166. The van der Waals surface area contributed by atoms with Crippen LogP contribution in [0.5, 0.6) is 17.2 Å². The van der Waals surface area contributed by atoms with E-state index in [2.05, 4.69) is 20.2 Å². The molecular weight excluding hydrogens is 690 g/mol. The van der Waals surface area contributed by atoms with Gasteiger partial charge in [0, 0.05) is 48.6 Å². The summed E-state index contributed by atoms with van der Waals surface area (Å²) in [6.45, 7) is 0.476. The molecule has 272 valence electrons. The Hall–Kier alpha value is -4.63. The molecule has 2 aliphatic rings. The van der Waals surface area contributed by atoms with Gasteiger partial charge in [-0.25, -0.2) is 27.1 Å². The number of halogens is 4. The number of methoxy groups -OCH3 is 2. The van der Waals surface area contributed by atoms with Crippen molar-refractivity contribution in [2.45, 2.75) is 61.3 Å². The van der Waals surface area contributed by atoms with Crippen molar-refractivity contribution in [3.8, 4) is 17.2 Å². The maximum Gasteiger partial charge on any atom is 0.416 e. The fourth-order valence-electron chi connectivity index (χ4n) is 6.82. The van der Waals surface area contributed by atoms with Crippen LogP contribution in [-0.4, -0.2) is 69.8 Å². The van der Waals surface area contributed by atoms with E-state index in [1.54, 1.807) is 24.3 Å². The largest absolute Gasteiger partial charge is 0.497 e. The molecular formula is C36H39F4N5O5S. The zero-order valence-electron chi connectivity index (χ0n) is 28.4. The molecule has 1 saturated carbocycles. The van der Waals surface area contributed by atoms with Gasteiger partial charge in [0.05, 0.1) is 38.1 Å². The third kappa shape index (κ3) is 7.99. The van der Waals surface area contributed by atoms with Crippen LogP contribution in [0.1, 0.15) is 48.3 Å². The number of nitrogens with one attached hydrogen (secondary N) is 1. The molecule has 15 heteroatoms. The Morgan fingerprint density at radius 2 is 1.86 bits per heavy atom. The van der Waals surface area contributed by atoms with E-state index in [9.17, 15) is 21.6 Å². The second-order valence-electron chi connectivity index (χ2n) is 12.8. The van der Waals surface area contributed by atoms with Gasteiger partial charge in [-0.1, -0.05) is 24.6 Å². The predicted octanol–water partition coefficient (Wildman–Crippen LogP) is 6.88. The zero-order chi connectivity index (χ0) is 36.3. The van der Waals surface area contributed by atoms with Crippen LogP contribution in [-0.2, 0) is 22.7 Å². The summed E-state index contributed by atoms with van der Waals surface area (Å²) in [5, 5.41) is 3.29. The van der Waals surface area contributed by atoms with Gasteiger partial charge in [0.2, 0.25) is 0 Å². The first-order valence-corrected chi connectivity index (χ1v) is 17.9. The summed E-state index contributed by atoms with van der Waals surface area (Å²) >= 11 is 0. The monoisotopic (exact) mass is 729 g/mol. The molecule has 2 heterocycles. The van der Waals surface area contributed by atoms with Crippen molar-refractivity contribution in [3.63, 3.8) is 0 Å². The number of fused-ring (bicyclic) bond motifs is 1. The summed E-state index contributed by atoms with van der Waals surface area (Å²) in [6, 6.07) is 14.1. The van der Waals surface area contributed by atoms with E-state index in [4.69, 9.17) is 14.2 Å². The Morgan fingerprint density at radius 3 is 2.59 bits per heavy atom. The molecule has 6 rings (SSSR count). The molecule has 0 saturated heterocycles. The molecule has 3 aromatic carbocycles. The third-order valence-corrected chi connectivity index (χ3v) is 11.3. The number of hydrogen-bond donors (Lipinski definition) is 1. The van der Waals surface area contributed by atoms with Crippen molar-refractivity contribution < 1.29 is 40.2 Å². The maximum atomic E-state index is 15.9. The summed E-state index contributed by atoms with van der Waals surface area (Å²) in [5.41, 5.74) is 0.855. The van der Waals surface area contributed by atoms with Crippen molar-refractivity contribution in [3.05, 3.63) is 95.7 Å². The smallest absolute Gasteiger partial charge is 0.416 e. The standard InChI is InChI=1S/C36H39F4N5O5S/c1-44(28-9-5-7-24(15-28)23-6-4-8-26(14-23)36(38,39)40)20-27-21-50-33-18-34(30(37)17-31(33)43-27)51(46,47)45(35-12-13-41-22-42-35)19-25-10-11-29(48-2)16-32(25)49-3/h4,6,8,10-14,16-18,22,24,27-28,43H,5,7,9,15,19-21H2,1-3H3/t24-,27?,28+/m0/s1. The number of ether oxygens (including phenoxy) is 3. The minimum absolute atomic E-state index is 0.00646. The summed E-state index contributed by atoms with van der Waals surface area (Å²) in [5.74, 6) is 0.126. The Kier molecular flexibility index (Phi) is 10.6. The SMILES string of the molecule is COc1ccc(CN(c2ccncn2)S(=O)(=O)c2cc3c(cc2F)NC(CN(C)[C@@H]2CCC[C@H](c4cccc(C(F)(F)F)c4)C2)CO3)c(OC)c1. The van der Waals surface area contributed by atoms with E-state index in [-0.39, 0.29) is 42.7 Å². The van der Waals surface area contributed by atoms with Gasteiger partial charge in [-0.3, -0.25) is 0 Å². The van der Waals surface area contributed by atoms with Gasteiger partial charge in [0.1, 0.15) is 46.7 Å². The molecule has 0 amide bonds. The number of alkyl halides is 3. The minimum Gasteiger partial charge on any atom is -0.497 e. The van der Waals surface area contributed by atoms with Gasteiger partial charge >= 0.3 is 6.18 Å². The lowest BCUT2D eigenvalue weighted by Crippen LogP contribution is -2.45. The highest BCUT2D eigenvalue weighted by Crippen LogP contribution is 2.39. The predicted molar refractivity (Wildman–Crippen MR) is 183 cm³/mol. The van der Waals surface area contributed by atoms with Crippen LogP contribution in [0.3, 0.4) is 0 Å². The van der Waals surface area contributed by atoms with Crippen LogP contribution in [0.25, 0.3) is 0 Å². The maximum absolute atomic E-state index is 15.9. The number of anilines is 2. The molecule has 1 aromatic heterocycles. The number of rotatable bonds is 11. The molecule has 10 nitrogen and oxygen atoms in total. The molecule has 4 aromatic rings. The molecule has 0 bridgehead atoms. The van der Waals surface area contributed by atoms with E-state index in [0.29, 0.717) is 41.3 Å². The summed E-state index contributed by atoms with van der Waals surface area (Å²) in [7, 11) is 0.377. The molecule has 51 heavy (non-hydrogen) atoms. The van der Waals surface area contributed by atoms with Crippen molar-refractivity contribution in [2.24, 2.45) is 0 Å². The van der Waals surface area contributed by atoms with E-state index >= 15 is 4.39 Å². The van der Waals surface area contributed by atoms with Crippen molar-refractivity contribution in [1.29, 1.82) is 0 Å². The lowest BCUT2D eigenvalue weighted by molar-refractivity contribution is -0.137. The number of nitrogens with zero attached hydrogens (tertiary/aromatic N) is 4. The minimum atomic E-state index is -4.54. The third-order valence-electron chi connectivity index (χ3n) is 9.50. The summed E-state index contributed by atoms with van der Waals surface area (Å²) in [6.07, 6.45) is 1.51.